The summed E-state index contributed by atoms with van der Waals surface area (Å²) in [5, 5.41) is 2.78. The molecule has 0 spiro atoms. The fraction of sp³-hybridized carbons (Fsp3) is 0.364. The fourth-order valence-corrected chi connectivity index (χ4v) is 5.95. The molecule has 0 saturated carbocycles. The van der Waals surface area contributed by atoms with Gasteiger partial charge in [-0.1, -0.05) is 61.5 Å². The van der Waals surface area contributed by atoms with E-state index in [1.807, 2.05) is 49.4 Å². The molecule has 2 unspecified atom stereocenters. The highest BCUT2D eigenvalue weighted by atomic mass is 19.4. The largest absolute Gasteiger partial charge is 0.406 e. The summed E-state index contributed by atoms with van der Waals surface area (Å²) in [4.78, 5) is 61.4. The smallest absolute Gasteiger partial charge is 0.374 e. The van der Waals surface area contributed by atoms with E-state index in [2.05, 4.69) is 10.3 Å². The predicted molar refractivity (Wildman–Crippen MR) is 160 cm³/mol. The summed E-state index contributed by atoms with van der Waals surface area (Å²) in [6.45, 7) is -0.558. The second-order valence-electron chi connectivity index (χ2n) is 11.3. The molecule has 1 N–H and O–H groups in total. The average Bonchev–Trinajstić information content (AvgIpc) is 3.24. The van der Waals surface area contributed by atoms with Crippen LogP contribution in [0.2, 0.25) is 0 Å². The van der Waals surface area contributed by atoms with Gasteiger partial charge in [-0.25, -0.2) is 4.79 Å². The zero-order valence-electron chi connectivity index (χ0n) is 25.2. The molecule has 13 heteroatoms. The number of nitrogens with zero attached hydrogens (tertiary/aromatic N) is 4. The van der Waals surface area contributed by atoms with E-state index in [0.717, 1.165) is 16.0 Å². The lowest BCUT2D eigenvalue weighted by Gasteiger charge is -2.45. The number of benzene rings is 2. The van der Waals surface area contributed by atoms with Crippen LogP contribution in [0.25, 0.3) is 0 Å². The first-order valence-corrected chi connectivity index (χ1v) is 14.9. The zero-order chi connectivity index (χ0) is 32.9. The Bertz CT molecular complexity index is 1570. The third-order valence-electron chi connectivity index (χ3n) is 8.16. The van der Waals surface area contributed by atoms with E-state index in [0.29, 0.717) is 17.7 Å². The first kappa shape index (κ1) is 32.6. The van der Waals surface area contributed by atoms with Crippen LogP contribution in [-0.4, -0.2) is 94.0 Å². The highest BCUT2D eigenvalue weighted by Gasteiger charge is 2.61. The van der Waals surface area contributed by atoms with Crippen LogP contribution in [0.5, 0.6) is 0 Å². The van der Waals surface area contributed by atoms with E-state index in [1.165, 1.54) is 11.1 Å². The Balaban J connectivity index is 1.43. The monoisotopic (exact) mass is 637 g/mol. The van der Waals surface area contributed by atoms with E-state index < -0.39 is 54.6 Å². The molecule has 242 valence electrons. The number of ether oxygens (including phenoxy) is 1. The van der Waals surface area contributed by atoms with Gasteiger partial charge in [0, 0.05) is 37.0 Å². The normalized spacial score (nSPS) is 18.8. The van der Waals surface area contributed by atoms with Crippen LogP contribution in [0.4, 0.5) is 18.0 Å². The van der Waals surface area contributed by atoms with Crippen molar-refractivity contribution in [1.82, 2.24) is 25.0 Å². The van der Waals surface area contributed by atoms with Gasteiger partial charge in [-0.3, -0.25) is 24.3 Å². The lowest BCUT2D eigenvalue weighted by molar-refractivity contribution is -0.157. The first-order valence-electron chi connectivity index (χ1n) is 14.9. The molecule has 2 atom stereocenters. The van der Waals surface area contributed by atoms with Crippen LogP contribution < -0.4 is 5.32 Å². The Labute approximate surface area is 264 Å². The Hall–Kier alpha value is -4.78. The number of pyridine rings is 1. The summed E-state index contributed by atoms with van der Waals surface area (Å²) in [5.74, 6) is -2.15. The maximum Gasteiger partial charge on any atom is 0.406 e. The van der Waals surface area contributed by atoms with E-state index in [-0.39, 0.29) is 37.6 Å². The van der Waals surface area contributed by atoms with Gasteiger partial charge in [-0.15, -0.1) is 0 Å². The lowest BCUT2D eigenvalue weighted by Crippen LogP contribution is -2.67. The second-order valence-corrected chi connectivity index (χ2v) is 11.3. The molecule has 0 aliphatic carbocycles. The van der Waals surface area contributed by atoms with Crippen LogP contribution >= 0.6 is 0 Å². The minimum Gasteiger partial charge on any atom is -0.374 e. The number of carbonyl (C=O) groups is 4. The number of fused-ring (bicyclic) bond motifs is 1. The molecular weight excluding hydrogens is 603 g/mol. The Morgan fingerprint density at radius 3 is 2.41 bits per heavy atom. The van der Waals surface area contributed by atoms with E-state index >= 15 is 0 Å². The molecule has 0 bridgehead atoms. The summed E-state index contributed by atoms with van der Waals surface area (Å²) < 4.78 is 46.2. The van der Waals surface area contributed by atoms with Crippen LogP contribution in [0, 0.1) is 0 Å². The number of amides is 5. The molecule has 46 heavy (non-hydrogen) atoms. The Morgan fingerprint density at radius 2 is 1.72 bits per heavy atom. The van der Waals surface area contributed by atoms with Gasteiger partial charge in [0.25, 0.3) is 11.8 Å². The third-order valence-corrected chi connectivity index (χ3v) is 8.16. The predicted octanol–water partition coefficient (Wildman–Crippen LogP) is 3.61. The third kappa shape index (κ3) is 7.04. The molecular formula is C33H34F3N5O5. The van der Waals surface area contributed by atoms with Crippen LogP contribution in [0.15, 0.2) is 79.0 Å². The van der Waals surface area contributed by atoms with Crippen LogP contribution in [0.3, 0.4) is 0 Å². The second kappa shape index (κ2) is 13.7. The van der Waals surface area contributed by atoms with Gasteiger partial charge in [-0.05, 0) is 35.7 Å². The first-order chi connectivity index (χ1) is 22.0. The molecule has 5 amide bonds. The molecule has 2 aliphatic rings. The van der Waals surface area contributed by atoms with Crippen molar-refractivity contribution >= 4 is 23.8 Å². The lowest BCUT2D eigenvalue weighted by atomic mass is 9.88. The number of nitrogens with one attached hydrogen (secondary N) is 1. The van der Waals surface area contributed by atoms with E-state index in [9.17, 15) is 32.3 Å². The van der Waals surface area contributed by atoms with Gasteiger partial charge in [0.1, 0.15) is 18.1 Å². The van der Waals surface area contributed by atoms with E-state index in [4.69, 9.17) is 4.74 Å². The van der Waals surface area contributed by atoms with Crippen molar-refractivity contribution in [3.8, 4) is 0 Å². The molecule has 3 aromatic rings. The number of piperazine rings is 1. The van der Waals surface area contributed by atoms with Gasteiger partial charge in [0.15, 0.2) is 0 Å². The van der Waals surface area contributed by atoms with Crippen LogP contribution in [0.1, 0.15) is 34.1 Å². The number of halogens is 3. The Morgan fingerprint density at radius 1 is 1.00 bits per heavy atom. The summed E-state index contributed by atoms with van der Waals surface area (Å²) in [7, 11) is 0. The summed E-state index contributed by atoms with van der Waals surface area (Å²) in [6, 6.07) is 18.9. The number of hydrogen-bond acceptors (Lipinski definition) is 6. The molecule has 2 fully saturated rings. The van der Waals surface area contributed by atoms with Gasteiger partial charge in [0.05, 0.1) is 19.8 Å². The number of carbonyl (C=O) groups excluding carboxylic acids is 4. The zero-order valence-corrected chi connectivity index (χ0v) is 25.2. The summed E-state index contributed by atoms with van der Waals surface area (Å²) in [5.41, 5.74) is 0.558. The van der Waals surface area contributed by atoms with Gasteiger partial charge >= 0.3 is 12.2 Å². The molecule has 2 saturated heterocycles. The summed E-state index contributed by atoms with van der Waals surface area (Å²) in [6.07, 6.45) is -2.97. The number of rotatable bonds is 11. The van der Waals surface area contributed by atoms with Crippen LogP contribution in [-0.2, 0) is 33.8 Å². The minimum absolute atomic E-state index is 0.0711. The highest BCUT2D eigenvalue weighted by Crippen LogP contribution is 2.36. The van der Waals surface area contributed by atoms with Crippen molar-refractivity contribution in [1.29, 1.82) is 0 Å². The van der Waals surface area contributed by atoms with Gasteiger partial charge in [0.2, 0.25) is 5.91 Å². The molecule has 2 aliphatic heterocycles. The Kier molecular flexibility index (Phi) is 9.71. The topological polar surface area (TPSA) is 112 Å². The molecule has 5 rings (SSSR count). The van der Waals surface area contributed by atoms with Crippen molar-refractivity contribution in [2.45, 2.75) is 44.1 Å². The number of aromatic nitrogens is 1. The van der Waals surface area contributed by atoms with Crippen molar-refractivity contribution in [3.05, 3.63) is 101 Å². The maximum atomic E-state index is 14.2. The quantitative estimate of drug-likeness (QED) is 0.322. The molecule has 1 aromatic heterocycles. The number of urea groups is 1. The van der Waals surface area contributed by atoms with Crippen molar-refractivity contribution in [3.63, 3.8) is 0 Å². The van der Waals surface area contributed by atoms with E-state index in [1.54, 1.807) is 30.3 Å². The maximum absolute atomic E-state index is 14.2. The fourth-order valence-electron chi connectivity index (χ4n) is 5.95. The minimum atomic E-state index is -4.82. The van der Waals surface area contributed by atoms with Crippen molar-refractivity contribution < 1.29 is 37.1 Å². The van der Waals surface area contributed by atoms with Gasteiger partial charge in [-0.2, -0.15) is 13.2 Å². The molecule has 2 aromatic carbocycles. The van der Waals surface area contributed by atoms with Crippen molar-refractivity contribution in [2.75, 3.05) is 32.8 Å². The number of hydrogen-bond donors (Lipinski definition) is 1. The molecule has 10 nitrogen and oxygen atoms in total. The highest BCUT2D eigenvalue weighted by molar-refractivity contribution is 6.08. The number of alkyl halides is 3. The SMILES string of the molecule is CCc1ccccc1C(=O)NC(COCc1ccccc1)C(=O)N1CCN2C(=O)N(CC(F)(F)F)C(=O)C2(Cc2ccccn2)C1. The van der Waals surface area contributed by atoms with Gasteiger partial charge < -0.3 is 19.9 Å². The summed E-state index contributed by atoms with van der Waals surface area (Å²) >= 11 is 0. The number of aryl methyl sites for hydroxylation is 1. The van der Waals surface area contributed by atoms with Crippen molar-refractivity contribution in [2.24, 2.45) is 0 Å². The standard InChI is InChI=1S/C33H34F3N5O5/c1-2-24-12-6-7-14-26(24)28(42)38-27(20-46-19-23-10-4-3-5-11-23)29(43)39-16-17-41-31(45)40(22-33(34,35)36)30(44)32(41,21-39)18-25-13-8-9-15-37-25/h3-15,27H,2,16-22H2,1H3,(H,38,42). The molecule has 3 heterocycles. The average molecular weight is 638 g/mol. The molecule has 0 radical (unpaired) electrons. The number of imide groups is 1.